The molecule has 0 atom stereocenters. The number of methoxy groups -OCH3 is 1. The summed E-state index contributed by atoms with van der Waals surface area (Å²) in [4.78, 5) is 26.2. The topological polar surface area (TPSA) is 46.6 Å². The molecular formula is C15H13Br2NO3. The van der Waals surface area contributed by atoms with Crippen molar-refractivity contribution in [3.63, 3.8) is 0 Å². The molecule has 2 aliphatic rings. The van der Waals surface area contributed by atoms with Gasteiger partial charge in [-0.15, -0.1) is 0 Å². The molecule has 0 bridgehead atoms. The van der Waals surface area contributed by atoms with E-state index in [1.807, 2.05) is 26.0 Å². The molecule has 0 fully saturated rings. The first-order valence-corrected chi connectivity index (χ1v) is 8.23. The van der Waals surface area contributed by atoms with E-state index in [1.54, 1.807) is 18.1 Å². The van der Waals surface area contributed by atoms with Gasteiger partial charge in [-0.25, -0.2) is 0 Å². The Morgan fingerprint density at radius 1 is 1.19 bits per heavy atom. The van der Waals surface area contributed by atoms with Gasteiger partial charge in [-0.1, -0.05) is 37.9 Å². The third-order valence-electron chi connectivity index (χ3n) is 3.82. The van der Waals surface area contributed by atoms with E-state index in [2.05, 4.69) is 31.9 Å². The third kappa shape index (κ3) is 1.99. The van der Waals surface area contributed by atoms with Gasteiger partial charge in [0.2, 0.25) is 0 Å². The van der Waals surface area contributed by atoms with Crippen LogP contribution in [0.2, 0.25) is 0 Å². The van der Waals surface area contributed by atoms with E-state index in [1.165, 1.54) is 0 Å². The summed E-state index contributed by atoms with van der Waals surface area (Å²) in [5, 5.41) is 0. The van der Waals surface area contributed by atoms with E-state index in [0.29, 0.717) is 17.0 Å². The van der Waals surface area contributed by atoms with Gasteiger partial charge in [0, 0.05) is 5.56 Å². The number of ether oxygens (including phenoxy) is 1. The van der Waals surface area contributed by atoms with E-state index < -0.39 is 17.2 Å². The summed E-state index contributed by atoms with van der Waals surface area (Å²) in [6.07, 6.45) is 1.99. The summed E-state index contributed by atoms with van der Waals surface area (Å²) in [5.74, 6) is -0.396. The van der Waals surface area contributed by atoms with E-state index in [9.17, 15) is 9.59 Å². The summed E-state index contributed by atoms with van der Waals surface area (Å²) in [5.41, 5.74) is 2.34. The number of alkyl halides is 2. The first-order valence-electron chi connectivity index (χ1n) is 6.40. The number of Topliss-reactive ketones (excluding diaryl/α,β-unsaturated/α-hetero) is 1. The Morgan fingerprint density at radius 3 is 2.38 bits per heavy atom. The highest BCUT2D eigenvalue weighted by Crippen LogP contribution is 2.49. The van der Waals surface area contributed by atoms with Crippen LogP contribution in [0.15, 0.2) is 18.2 Å². The summed E-state index contributed by atoms with van der Waals surface area (Å²) in [7, 11) is 1.55. The number of allylic oxidation sites excluding steroid dienone is 1. The van der Waals surface area contributed by atoms with Crippen molar-refractivity contribution in [2.24, 2.45) is 0 Å². The van der Waals surface area contributed by atoms with Gasteiger partial charge in [-0.05, 0) is 31.6 Å². The maximum absolute atomic E-state index is 12.4. The van der Waals surface area contributed by atoms with Gasteiger partial charge in [0.25, 0.3) is 11.7 Å². The fourth-order valence-corrected chi connectivity index (χ4v) is 3.69. The molecule has 0 N–H and O–H groups in total. The lowest BCUT2D eigenvalue weighted by molar-refractivity contribution is -0.115. The van der Waals surface area contributed by atoms with Crippen molar-refractivity contribution >= 4 is 54.8 Å². The quantitative estimate of drug-likeness (QED) is 0.549. The zero-order chi connectivity index (χ0) is 15.5. The number of benzene rings is 1. The molecule has 0 spiro atoms. The highest BCUT2D eigenvalue weighted by molar-refractivity contribution is 9.25. The van der Waals surface area contributed by atoms with Crippen LogP contribution in [0.1, 0.15) is 29.8 Å². The molecule has 2 heterocycles. The van der Waals surface area contributed by atoms with Crippen molar-refractivity contribution in [2.75, 3.05) is 12.0 Å². The van der Waals surface area contributed by atoms with Crippen molar-refractivity contribution in [3.8, 4) is 5.75 Å². The van der Waals surface area contributed by atoms with Crippen LogP contribution in [0.5, 0.6) is 5.75 Å². The molecule has 1 aromatic carbocycles. The Hall–Kier alpha value is -1.14. The fraction of sp³-hybridized carbons (Fsp3) is 0.333. The molecule has 110 valence electrons. The van der Waals surface area contributed by atoms with Crippen LogP contribution in [-0.4, -0.2) is 28.1 Å². The largest absolute Gasteiger partial charge is 0.497 e. The van der Waals surface area contributed by atoms with Gasteiger partial charge < -0.3 is 4.74 Å². The first-order chi connectivity index (χ1) is 9.77. The van der Waals surface area contributed by atoms with Crippen LogP contribution >= 0.6 is 31.9 Å². The van der Waals surface area contributed by atoms with Gasteiger partial charge in [-0.2, -0.15) is 0 Å². The summed E-state index contributed by atoms with van der Waals surface area (Å²) < 4.78 is 5.19. The second kappa shape index (κ2) is 4.68. The van der Waals surface area contributed by atoms with Crippen molar-refractivity contribution in [3.05, 3.63) is 29.3 Å². The first kappa shape index (κ1) is 14.8. The van der Waals surface area contributed by atoms with Crippen LogP contribution in [-0.2, 0) is 4.79 Å². The number of amides is 1. The minimum Gasteiger partial charge on any atom is -0.497 e. The Morgan fingerprint density at radius 2 is 1.81 bits per heavy atom. The van der Waals surface area contributed by atoms with Crippen molar-refractivity contribution in [1.82, 2.24) is 0 Å². The second-order valence-electron chi connectivity index (χ2n) is 5.59. The predicted molar refractivity (Wildman–Crippen MR) is 88.5 cm³/mol. The zero-order valence-electron chi connectivity index (χ0n) is 11.7. The van der Waals surface area contributed by atoms with Crippen molar-refractivity contribution in [2.45, 2.75) is 23.1 Å². The molecule has 2 aliphatic heterocycles. The van der Waals surface area contributed by atoms with E-state index >= 15 is 0 Å². The smallest absolute Gasteiger partial charge is 0.300 e. The van der Waals surface area contributed by atoms with E-state index in [-0.39, 0.29) is 3.74 Å². The lowest BCUT2D eigenvalue weighted by Gasteiger charge is -2.39. The number of ketones is 1. The minimum absolute atomic E-state index is 0.0755. The number of rotatable bonds is 2. The maximum atomic E-state index is 12.4. The maximum Gasteiger partial charge on any atom is 0.300 e. The van der Waals surface area contributed by atoms with Crippen molar-refractivity contribution in [1.29, 1.82) is 0 Å². The number of carbonyl (C=O) groups excluding carboxylic acids is 2. The average molecular weight is 415 g/mol. The van der Waals surface area contributed by atoms with E-state index in [0.717, 1.165) is 11.1 Å². The monoisotopic (exact) mass is 413 g/mol. The molecule has 6 heteroatoms. The number of nitrogens with zero attached hydrogens (tertiary/aromatic N) is 1. The highest BCUT2D eigenvalue weighted by Gasteiger charge is 2.47. The number of anilines is 1. The Balaban J connectivity index is 2.38. The Labute approximate surface area is 139 Å². The molecule has 0 aromatic heterocycles. The van der Waals surface area contributed by atoms with Crippen LogP contribution in [0, 0.1) is 0 Å². The molecule has 21 heavy (non-hydrogen) atoms. The lowest BCUT2D eigenvalue weighted by Crippen LogP contribution is -2.48. The molecular weight excluding hydrogens is 402 g/mol. The molecule has 0 radical (unpaired) electrons. The minimum atomic E-state index is -0.561. The number of hydrogen-bond donors (Lipinski definition) is 0. The SMILES string of the molecule is COc1cc2c3c(c1)C(C(Br)Br)=CC(C)(C)N3C(=O)C2=O. The molecule has 0 aliphatic carbocycles. The molecule has 0 saturated heterocycles. The van der Waals surface area contributed by atoms with Gasteiger partial charge in [0.1, 0.15) is 5.75 Å². The normalized spacial score (nSPS) is 19.0. The highest BCUT2D eigenvalue weighted by atomic mass is 79.9. The standard InChI is InChI=1S/C15H13Br2NO3/c1-15(2)6-10(13(16)17)8-4-7(21-3)5-9-11(8)18(15)14(20)12(9)19/h4-6,13H,1-3H3. The zero-order valence-corrected chi connectivity index (χ0v) is 14.9. The molecule has 0 unspecified atom stereocenters. The van der Waals surface area contributed by atoms with Crippen molar-refractivity contribution < 1.29 is 14.3 Å². The number of halogens is 2. The van der Waals surface area contributed by atoms with Crippen LogP contribution in [0.3, 0.4) is 0 Å². The van der Waals surface area contributed by atoms with Crippen LogP contribution < -0.4 is 9.64 Å². The summed E-state index contributed by atoms with van der Waals surface area (Å²) >= 11 is 7.04. The number of carbonyl (C=O) groups is 2. The Bertz CT molecular complexity index is 707. The predicted octanol–water partition coefficient (Wildman–Crippen LogP) is 3.52. The van der Waals surface area contributed by atoms with Gasteiger partial charge >= 0.3 is 0 Å². The Kier molecular flexibility index (Phi) is 3.29. The average Bonchev–Trinajstić information content (AvgIpc) is 2.68. The molecule has 3 rings (SSSR count). The van der Waals surface area contributed by atoms with Gasteiger partial charge in [0.05, 0.1) is 27.6 Å². The lowest BCUT2D eigenvalue weighted by atomic mass is 9.89. The second-order valence-corrected chi connectivity index (χ2v) is 8.65. The van der Waals surface area contributed by atoms with Gasteiger partial charge in [-0.3, -0.25) is 14.5 Å². The fourth-order valence-electron chi connectivity index (χ4n) is 2.93. The third-order valence-corrected chi connectivity index (χ3v) is 4.80. The van der Waals surface area contributed by atoms with Crippen LogP contribution in [0.25, 0.3) is 5.57 Å². The van der Waals surface area contributed by atoms with E-state index in [4.69, 9.17) is 4.74 Å². The molecule has 1 amide bonds. The van der Waals surface area contributed by atoms with Crippen LogP contribution in [0.4, 0.5) is 5.69 Å². The summed E-state index contributed by atoms with van der Waals surface area (Å²) in [6.45, 7) is 3.84. The molecule has 0 saturated carbocycles. The number of hydrogen-bond acceptors (Lipinski definition) is 3. The summed E-state index contributed by atoms with van der Waals surface area (Å²) in [6, 6.07) is 3.49. The molecule has 1 aromatic rings. The van der Waals surface area contributed by atoms with Gasteiger partial charge in [0.15, 0.2) is 0 Å². The molecule has 4 nitrogen and oxygen atoms in total.